The Morgan fingerprint density at radius 3 is 2.65 bits per heavy atom. The van der Waals surface area contributed by atoms with Crippen LogP contribution in [0.1, 0.15) is 27.9 Å². The Morgan fingerprint density at radius 1 is 1.24 bits per heavy atom. The van der Waals surface area contributed by atoms with E-state index >= 15 is 0 Å². The summed E-state index contributed by atoms with van der Waals surface area (Å²) in [6, 6.07) is 6.54. The van der Waals surface area contributed by atoms with Crippen LogP contribution in [0.4, 0.5) is 16.9 Å². The maximum Gasteiger partial charge on any atom is 0.350 e. The van der Waals surface area contributed by atoms with Crippen LogP contribution in [-0.4, -0.2) is 45.8 Å². The molecule has 3 aromatic heterocycles. The fourth-order valence-corrected chi connectivity index (χ4v) is 4.28. The molecule has 3 heterocycles. The van der Waals surface area contributed by atoms with Gasteiger partial charge in [-0.25, -0.2) is 14.8 Å². The number of hydrogen-bond donors (Lipinski definition) is 3. The molecule has 1 unspecified atom stereocenters. The van der Waals surface area contributed by atoms with Gasteiger partial charge in [0.15, 0.2) is 16.6 Å². The Bertz CT molecular complexity index is 1340. The first kappa shape index (κ1) is 25.2. The van der Waals surface area contributed by atoms with Gasteiger partial charge < -0.3 is 25.3 Å². The second-order valence-corrected chi connectivity index (χ2v) is 8.87. The number of rotatable bonds is 8. The summed E-state index contributed by atoms with van der Waals surface area (Å²) in [6.07, 6.45) is 1.64. The number of carbonyl (C=O) groups is 1. The third-order valence-corrected chi connectivity index (χ3v) is 6.33. The van der Waals surface area contributed by atoms with Crippen molar-refractivity contribution in [2.45, 2.75) is 25.3 Å². The molecular formula is C20H23N8O4S2-. The molecule has 4 rings (SSSR count). The standard InChI is InChI=1S/C20H21N7O4S2.H3N/c1-4-31-18(28)15-11(2)23-20(32-15)26-19-24-16(14-17(25-19)22-10-27(14)3)21-9-12-5-7-13(8-6-12)33(29)30;/h5-8,10H,4,9H2,1-3H3,(H,29,30)(H2,21,23,24,25,26);1H3/p-1. The minimum absolute atomic E-state index is 0. The number of aromatic nitrogens is 5. The van der Waals surface area contributed by atoms with E-state index in [1.165, 1.54) is 0 Å². The number of thiazole rings is 1. The number of nitrogens with zero attached hydrogens (tertiary/aromatic N) is 5. The van der Waals surface area contributed by atoms with E-state index in [-0.39, 0.29) is 23.6 Å². The Kier molecular flexibility index (Phi) is 7.88. The molecular weight excluding hydrogens is 480 g/mol. The van der Waals surface area contributed by atoms with Crippen LogP contribution >= 0.6 is 11.3 Å². The number of aryl methyl sites for hydroxylation is 2. The summed E-state index contributed by atoms with van der Waals surface area (Å²) in [6.45, 7) is 4.17. The highest BCUT2D eigenvalue weighted by Crippen LogP contribution is 2.27. The maximum atomic E-state index is 12.1. The van der Waals surface area contributed by atoms with Crippen molar-refractivity contribution in [3.8, 4) is 0 Å². The van der Waals surface area contributed by atoms with Crippen LogP contribution in [0.5, 0.6) is 0 Å². The highest BCUT2D eigenvalue weighted by Gasteiger charge is 2.18. The molecule has 4 aromatic rings. The molecule has 14 heteroatoms. The van der Waals surface area contributed by atoms with Crippen LogP contribution in [-0.2, 0) is 29.4 Å². The summed E-state index contributed by atoms with van der Waals surface area (Å²) in [7, 11) is 1.84. The molecule has 0 amide bonds. The highest BCUT2D eigenvalue weighted by molar-refractivity contribution is 7.79. The number of carbonyl (C=O) groups excluding carboxylic acids is 1. The van der Waals surface area contributed by atoms with E-state index in [1.807, 2.05) is 7.05 Å². The first-order chi connectivity index (χ1) is 15.9. The number of anilines is 3. The minimum Gasteiger partial charge on any atom is -0.768 e. The van der Waals surface area contributed by atoms with E-state index in [9.17, 15) is 13.6 Å². The van der Waals surface area contributed by atoms with Crippen molar-refractivity contribution >= 4 is 56.4 Å². The minimum atomic E-state index is -2.27. The molecule has 0 saturated heterocycles. The van der Waals surface area contributed by atoms with E-state index in [2.05, 4.69) is 30.6 Å². The number of nitrogens with one attached hydrogen (secondary N) is 2. The lowest BCUT2D eigenvalue weighted by molar-refractivity contribution is 0.0531. The van der Waals surface area contributed by atoms with Crippen molar-refractivity contribution in [2.24, 2.45) is 7.05 Å². The zero-order chi connectivity index (χ0) is 23.5. The van der Waals surface area contributed by atoms with E-state index in [0.717, 1.165) is 16.9 Å². The summed E-state index contributed by atoms with van der Waals surface area (Å²) < 4.78 is 29.0. The van der Waals surface area contributed by atoms with Crippen LogP contribution in [0, 0.1) is 6.92 Å². The topological polar surface area (TPSA) is 182 Å². The molecule has 0 bridgehead atoms. The van der Waals surface area contributed by atoms with Gasteiger partial charge in [0.05, 0.1) is 18.6 Å². The number of benzene rings is 1. The van der Waals surface area contributed by atoms with Crippen LogP contribution in [0.15, 0.2) is 35.5 Å². The van der Waals surface area contributed by atoms with Crippen LogP contribution in [0.2, 0.25) is 0 Å². The highest BCUT2D eigenvalue weighted by atomic mass is 32.2. The first-order valence-corrected chi connectivity index (χ1v) is 11.8. The maximum absolute atomic E-state index is 12.1. The molecule has 0 saturated carbocycles. The van der Waals surface area contributed by atoms with Crippen molar-refractivity contribution < 1.29 is 18.3 Å². The smallest absolute Gasteiger partial charge is 0.350 e. The molecule has 0 radical (unpaired) electrons. The van der Waals surface area contributed by atoms with Crippen LogP contribution in [0.3, 0.4) is 0 Å². The van der Waals surface area contributed by atoms with Crippen LogP contribution in [0.25, 0.3) is 11.2 Å². The summed E-state index contributed by atoms with van der Waals surface area (Å²) in [5.74, 6) is 0.388. The average molecular weight is 504 g/mol. The van der Waals surface area contributed by atoms with E-state index in [1.54, 1.807) is 49.0 Å². The predicted molar refractivity (Wildman–Crippen MR) is 128 cm³/mol. The van der Waals surface area contributed by atoms with Gasteiger partial charge in [0, 0.05) is 18.5 Å². The summed E-state index contributed by atoms with van der Waals surface area (Å²) in [4.78, 5) is 30.4. The monoisotopic (exact) mass is 503 g/mol. The van der Waals surface area contributed by atoms with Crippen molar-refractivity contribution in [3.05, 3.63) is 46.7 Å². The van der Waals surface area contributed by atoms with Gasteiger partial charge in [-0.15, -0.1) is 0 Å². The number of esters is 1. The molecule has 34 heavy (non-hydrogen) atoms. The van der Waals surface area contributed by atoms with Crippen molar-refractivity contribution in [1.29, 1.82) is 0 Å². The van der Waals surface area contributed by atoms with Gasteiger partial charge in [0.2, 0.25) is 5.95 Å². The van der Waals surface area contributed by atoms with Gasteiger partial charge in [0.25, 0.3) is 0 Å². The van der Waals surface area contributed by atoms with Gasteiger partial charge in [-0.1, -0.05) is 23.5 Å². The summed E-state index contributed by atoms with van der Waals surface area (Å²) in [5, 5.41) is 6.76. The summed E-state index contributed by atoms with van der Waals surface area (Å²) >= 11 is -1.11. The molecule has 0 aliphatic carbocycles. The second kappa shape index (κ2) is 10.6. The van der Waals surface area contributed by atoms with Crippen molar-refractivity contribution in [3.63, 3.8) is 0 Å². The number of imidazole rings is 1. The lowest BCUT2D eigenvalue weighted by atomic mass is 10.2. The van der Waals surface area contributed by atoms with Crippen molar-refractivity contribution in [1.82, 2.24) is 30.7 Å². The normalized spacial score (nSPS) is 11.6. The lowest BCUT2D eigenvalue weighted by Crippen LogP contribution is -2.07. The fraction of sp³-hybridized carbons (Fsp3) is 0.250. The van der Waals surface area contributed by atoms with Gasteiger partial charge >= 0.3 is 5.97 Å². The molecule has 5 N–H and O–H groups in total. The Balaban J connectivity index is 0.00000324. The predicted octanol–water partition coefficient (Wildman–Crippen LogP) is 3.06. The second-order valence-electron chi connectivity index (χ2n) is 6.93. The molecule has 0 aliphatic heterocycles. The number of fused-ring (bicyclic) bond motifs is 1. The SMILES string of the molecule is CCOC(=O)c1sc(Nc2nc(NCc3ccc(S(=O)[O-])cc3)c3c(ncn3C)n2)nc1C.N. The Morgan fingerprint density at radius 2 is 1.97 bits per heavy atom. The van der Waals surface area contributed by atoms with Gasteiger partial charge in [0.1, 0.15) is 10.4 Å². The molecule has 12 nitrogen and oxygen atoms in total. The largest absolute Gasteiger partial charge is 0.768 e. The average Bonchev–Trinajstić information content (AvgIpc) is 3.34. The zero-order valence-corrected chi connectivity index (χ0v) is 20.3. The fourth-order valence-electron chi connectivity index (χ4n) is 3.07. The van der Waals surface area contributed by atoms with E-state index < -0.39 is 17.0 Å². The van der Waals surface area contributed by atoms with E-state index in [4.69, 9.17) is 4.74 Å². The third-order valence-electron chi connectivity index (χ3n) is 4.62. The van der Waals surface area contributed by atoms with Gasteiger partial charge in [-0.05, 0) is 42.6 Å². The number of ether oxygens (including phenoxy) is 1. The third kappa shape index (κ3) is 5.36. The lowest BCUT2D eigenvalue weighted by Gasteiger charge is -2.11. The molecule has 1 atom stereocenters. The molecule has 0 aliphatic rings. The Hall–Kier alpha value is -3.46. The quantitative estimate of drug-likeness (QED) is 0.237. The first-order valence-electron chi connectivity index (χ1n) is 9.88. The number of hydrogen-bond acceptors (Lipinski definition) is 12. The molecule has 180 valence electrons. The van der Waals surface area contributed by atoms with Gasteiger partial charge in [-0.2, -0.15) is 9.97 Å². The van der Waals surface area contributed by atoms with Crippen LogP contribution < -0.4 is 16.8 Å². The zero-order valence-electron chi connectivity index (χ0n) is 18.7. The summed E-state index contributed by atoms with van der Waals surface area (Å²) in [5.41, 5.74) is 2.62. The molecule has 0 spiro atoms. The Labute approximate surface area is 201 Å². The van der Waals surface area contributed by atoms with Gasteiger partial charge in [-0.3, -0.25) is 9.53 Å². The van der Waals surface area contributed by atoms with E-state index in [0.29, 0.717) is 39.2 Å². The van der Waals surface area contributed by atoms with Crippen molar-refractivity contribution in [2.75, 3.05) is 17.2 Å². The molecule has 0 fully saturated rings. The molecule has 1 aromatic carbocycles.